The minimum Gasteiger partial charge on any atom is -0.496 e. The number of benzene rings is 1. The molecule has 0 saturated heterocycles. The molecular weight excluding hydrogens is 361 g/mol. The molecule has 0 bridgehead atoms. The van der Waals surface area contributed by atoms with Crippen molar-refractivity contribution in [3.05, 3.63) is 51.1 Å². The molecule has 114 valence electrons. The smallest absolute Gasteiger partial charge is 0.193 e. The standard InChI is InChI=1S/C15H16BrClFNO2/c1-3-6-19-15(12-4-5-14(17)21-12)9-7-10(16)11(18)8-13(9)20-2/h4-5,7-8,15,19H,3,6H2,1-2H3. The van der Waals surface area contributed by atoms with Crippen LogP contribution in [-0.4, -0.2) is 13.7 Å². The first-order valence-corrected chi connectivity index (χ1v) is 7.75. The average Bonchev–Trinajstić information content (AvgIpc) is 2.89. The van der Waals surface area contributed by atoms with E-state index >= 15 is 0 Å². The van der Waals surface area contributed by atoms with Crippen LogP contribution in [0.1, 0.15) is 30.7 Å². The summed E-state index contributed by atoms with van der Waals surface area (Å²) in [5.74, 6) is 0.740. The Morgan fingerprint density at radius 1 is 1.43 bits per heavy atom. The molecule has 21 heavy (non-hydrogen) atoms. The largest absolute Gasteiger partial charge is 0.496 e. The second kappa shape index (κ2) is 7.29. The summed E-state index contributed by atoms with van der Waals surface area (Å²) in [7, 11) is 1.51. The molecule has 6 heteroatoms. The Morgan fingerprint density at radius 3 is 2.76 bits per heavy atom. The molecule has 0 aliphatic carbocycles. The third-order valence-corrected chi connectivity index (χ3v) is 3.87. The van der Waals surface area contributed by atoms with Crippen LogP contribution in [0.5, 0.6) is 5.75 Å². The number of rotatable bonds is 6. The van der Waals surface area contributed by atoms with E-state index in [-0.39, 0.29) is 11.9 Å². The van der Waals surface area contributed by atoms with Crippen molar-refractivity contribution >= 4 is 27.5 Å². The Hall–Kier alpha value is -1.04. The molecule has 1 aromatic heterocycles. The Kier molecular flexibility index (Phi) is 5.67. The topological polar surface area (TPSA) is 34.4 Å². The fraction of sp³-hybridized carbons (Fsp3) is 0.333. The van der Waals surface area contributed by atoms with Gasteiger partial charge in [0.25, 0.3) is 0 Å². The average molecular weight is 377 g/mol. The van der Waals surface area contributed by atoms with Gasteiger partial charge in [0.05, 0.1) is 17.6 Å². The third kappa shape index (κ3) is 3.78. The van der Waals surface area contributed by atoms with Crippen molar-refractivity contribution in [2.24, 2.45) is 0 Å². The Morgan fingerprint density at radius 2 is 2.19 bits per heavy atom. The van der Waals surface area contributed by atoms with Crippen LogP contribution in [0.15, 0.2) is 33.2 Å². The van der Waals surface area contributed by atoms with Gasteiger partial charge >= 0.3 is 0 Å². The van der Waals surface area contributed by atoms with E-state index in [1.807, 2.05) is 0 Å². The molecule has 1 aromatic carbocycles. The van der Waals surface area contributed by atoms with Crippen molar-refractivity contribution in [1.29, 1.82) is 0 Å². The number of halogens is 3. The lowest BCUT2D eigenvalue weighted by atomic mass is 10.0. The van der Waals surface area contributed by atoms with Gasteiger partial charge in [-0.3, -0.25) is 0 Å². The summed E-state index contributed by atoms with van der Waals surface area (Å²) in [4.78, 5) is 0. The maximum Gasteiger partial charge on any atom is 0.193 e. The highest BCUT2D eigenvalue weighted by atomic mass is 79.9. The second-order valence-electron chi connectivity index (χ2n) is 4.54. The molecule has 3 nitrogen and oxygen atoms in total. The second-order valence-corrected chi connectivity index (χ2v) is 5.76. The molecule has 1 atom stereocenters. The van der Waals surface area contributed by atoms with E-state index in [1.54, 1.807) is 18.2 Å². The fourth-order valence-corrected chi connectivity index (χ4v) is 2.60. The zero-order valence-corrected chi connectivity index (χ0v) is 14.1. The molecule has 1 N–H and O–H groups in total. The van der Waals surface area contributed by atoms with Gasteiger partial charge in [0, 0.05) is 11.6 Å². The normalized spacial score (nSPS) is 12.4. The zero-order valence-electron chi connectivity index (χ0n) is 11.8. The van der Waals surface area contributed by atoms with Crippen molar-refractivity contribution in [1.82, 2.24) is 5.32 Å². The number of methoxy groups -OCH3 is 1. The number of furan rings is 1. The van der Waals surface area contributed by atoms with Crippen LogP contribution < -0.4 is 10.1 Å². The van der Waals surface area contributed by atoms with Crippen LogP contribution in [0.2, 0.25) is 5.22 Å². The van der Waals surface area contributed by atoms with Gasteiger partial charge in [0.15, 0.2) is 5.22 Å². The third-order valence-electron chi connectivity index (χ3n) is 3.06. The molecule has 0 radical (unpaired) electrons. The first kappa shape index (κ1) is 16.3. The van der Waals surface area contributed by atoms with Crippen LogP contribution in [-0.2, 0) is 0 Å². The minimum absolute atomic E-state index is 0.260. The summed E-state index contributed by atoms with van der Waals surface area (Å²) >= 11 is 9.07. The molecule has 2 rings (SSSR count). The van der Waals surface area contributed by atoms with Gasteiger partial charge in [0.1, 0.15) is 17.3 Å². The highest BCUT2D eigenvalue weighted by Crippen LogP contribution is 2.35. The monoisotopic (exact) mass is 375 g/mol. The van der Waals surface area contributed by atoms with Crippen LogP contribution >= 0.6 is 27.5 Å². The van der Waals surface area contributed by atoms with Gasteiger partial charge < -0.3 is 14.5 Å². The predicted octanol–water partition coefficient (Wildman–Crippen LogP) is 4.93. The molecule has 0 aliphatic rings. The van der Waals surface area contributed by atoms with Gasteiger partial charge in [-0.15, -0.1) is 0 Å². The fourth-order valence-electron chi connectivity index (χ4n) is 2.08. The Labute approximate surface area is 136 Å². The van der Waals surface area contributed by atoms with E-state index in [0.29, 0.717) is 21.2 Å². The van der Waals surface area contributed by atoms with Crippen LogP contribution in [0.3, 0.4) is 0 Å². The number of nitrogens with one attached hydrogen (secondary N) is 1. The van der Waals surface area contributed by atoms with Gasteiger partial charge in [0.2, 0.25) is 0 Å². The molecule has 1 unspecified atom stereocenters. The molecule has 1 heterocycles. The summed E-state index contributed by atoms with van der Waals surface area (Å²) < 4.78 is 24.9. The molecule has 0 spiro atoms. The SMILES string of the molecule is CCCNC(c1ccc(Cl)o1)c1cc(Br)c(F)cc1OC. The van der Waals surface area contributed by atoms with E-state index in [2.05, 4.69) is 28.2 Å². The maximum absolute atomic E-state index is 13.7. The summed E-state index contributed by atoms with van der Waals surface area (Å²) in [6.45, 7) is 2.85. The molecule has 0 saturated carbocycles. The molecule has 0 aliphatic heterocycles. The number of hydrogen-bond donors (Lipinski definition) is 1. The summed E-state index contributed by atoms with van der Waals surface area (Å²) in [6, 6.07) is 6.27. The van der Waals surface area contributed by atoms with Crippen molar-refractivity contribution < 1.29 is 13.5 Å². The van der Waals surface area contributed by atoms with E-state index in [0.717, 1.165) is 18.5 Å². The van der Waals surface area contributed by atoms with E-state index in [1.165, 1.54) is 13.2 Å². The van der Waals surface area contributed by atoms with Gasteiger partial charge in [-0.05, 0) is 58.7 Å². The Bertz CT molecular complexity index is 618. The van der Waals surface area contributed by atoms with E-state index in [4.69, 9.17) is 20.8 Å². The lowest BCUT2D eigenvalue weighted by molar-refractivity contribution is 0.389. The first-order chi connectivity index (χ1) is 10.1. The summed E-state index contributed by atoms with van der Waals surface area (Å²) in [5, 5.41) is 3.67. The Balaban J connectivity index is 2.47. The minimum atomic E-state index is -0.373. The van der Waals surface area contributed by atoms with Crippen LogP contribution in [0.25, 0.3) is 0 Å². The van der Waals surface area contributed by atoms with Crippen LogP contribution in [0.4, 0.5) is 4.39 Å². The first-order valence-electron chi connectivity index (χ1n) is 6.58. The molecule has 0 fully saturated rings. The number of ether oxygens (including phenoxy) is 1. The van der Waals surface area contributed by atoms with E-state index in [9.17, 15) is 4.39 Å². The van der Waals surface area contributed by atoms with E-state index < -0.39 is 0 Å². The van der Waals surface area contributed by atoms with Crippen molar-refractivity contribution in [2.45, 2.75) is 19.4 Å². The highest BCUT2D eigenvalue weighted by molar-refractivity contribution is 9.10. The maximum atomic E-state index is 13.7. The van der Waals surface area contributed by atoms with Crippen molar-refractivity contribution in [2.75, 3.05) is 13.7 Å². The molecule has 2 aromatic rings. The molecular formula is C15H16BrClFNO2. The number of hydrogen-bond acceptors (Lipinski definition) is 3. The van der Waals surface area contributed by atoms with Crippen molar-refractivity contribution in [3.63, 3.8) is 0 Å². The molecule has 0 amide bonds. The highest BCUT2D eigenvalue weighted by Gasteiger charge is 2.22. The predicted molar refractivity (Wildman–Crippen MR) is 84.5 cm³/mol. The van der Waals surface area contributed by atoms with Gasteiger partial charge in [-0.25, -0.2) is 4.39 Å². The van der Waals surface area contributed by atoms with Crippen molar-refractivity contribution in [3.8, 4) is 5.75 Å². The lowest BCUT2D eigenvalue weighted by Gasteiger charge is -2.20. The lowest BCUT2D eigenvalue weighted by Crippen LogP contribution is -2.23. The quantitative estimate of drug-likeness (QED) is 0.776. The van der Waals surface area contributed by atoms with Gasteiger partial charge in [-0.2, -0.15) is 0 Å². The summed E-state index contributed by atoms with van der Waals surface area (Å²) in [6.07, 6.45) is 0.954. The summed E-state index contributed by atoms with van der Waals surface area (Å²) in [5.41, 5.74) is 0.783. The van der Waals surface area contributed by atoms with Gasteiger partial charge in [-0.1, -0.05) is 6.92 Å². The zero-order chi connectivity index (χ0) is 15.4. The van der Waals surface area contributed by atoms with Crippen LogP contribution in [0, 0.1) is 5.82 Å².